The predicted octanol–water partition coefficient (Wildman–Crippen LogP) is 2.77. The van der Waals surface area contributed by atoms with Gasteiger partial charge in [0.1, 0.15) is 0 Å². The van der Waals surface area contributed by atoms with Gasteiger partial charge in [0.2, 0.25) is 0 Å². The quantitative estimate of drug-likeness (QED) is 0.659. The van der Waals surface area contributed by atoms with Gasteiger partial charge in [-0.15, -0.1) is 11.3 Å². The molecule has 0 saturated carbocycles. The lowest BCUT2D eigenvalue weighted by atomic mass is 9.93. The van der Waals surface area contributed by atoms with Crippen molar-refractivity contribution in [1.82, 2.24) is 10.4 Å². The molecule has 0 aliphatic heterocycles. The van der Waals surface area contributed by atoms with Crippen molar-refractivity contribution in [2.75, 3.05) is 0 Å². The molecule has 1 rings (SSSR count). The van der Waals surface area contributed by atoms with Crippen molar-refractivity contribution in [2.24, 2.45) is 5.84 Å². The van der Waals surface area contributed by atoms with Crippen molar-refractivity contribution in [1.29, 1.82) is 0 Å². The molecular weight excluding hydrogens is 263 g/mol. The molecule has 104 valence electrons. The summed E-state index contributed by atoms with van der Waals surface area (Å²) in [5.41, 5.74) is 3.00. The molecule has 0 spiro atoms. The highest BCUT2D eigenvalue weighted by atomic mass is 32.1. The van der Waals surface area contributed by atoms with Gasteiger partial charge in [-0.1, -0.05) is 20.8 Å². The molecule has 7 heteroatoms. The van der Waals surface area contributed by atoms with Crippen LogP contribution in [0.3, 0.4) is 0 Å². The number of hydrazine groups is 1. The summed E-state index contributed by atoms with van der Waals surface area (Å²) in [6.07, 6.45) is -4.98. The second kappa shape index (κ2) is 5.54. The fourth-order valence-electron chi connectivity index (χ4n) is 1.43. The van der Waals surface area contributed by atoms with Crippen molar-refractivity contribution in [3.05, 3.63) is 16.1 Å². The summed E-state index contributed by atoms with van der Waals surface area (Å²) in [5.74, 6) is 5.15. The van der Waals surface area contributed by atoms with Gasteiger partial charge in [0, 0.05) is 23.3 Å². The Hall–Kier alpha value is -0.660. The lowest BCUT2D eigenvalue weighted by Gasteiger charge is -2.17. The fourth-order valence-corrected chi connectivity index (χ4v) is 2.53. The minimum atomic E-state index is -4.22. The van der Waals surface area contributed by atoms with Crippen molar-refractivity contribution >= 4 is 11.3 Å². The maximum atomic E-state index is 12.3. The van der Waals surface area contributed by atoms with E-state index in [-0.39, 0.29) is 11.8 Å². The summed E-state index contributed by atoms with van der Waals surface area (Å²) in [7, 11) is 0. The van der Waals surface area contributed by atoms with Crippen LogP contribution >= 0.6 is 11.3 Å². The van der Waals surface area contributed by atoms with E-state index >= 15 is 0 Å². The third-order valence-electron chi connectivity index (χ3n) is 2.45. The van der Waals surface area contributed by atoms with E-state index in [0.29, 0.717) is 5.01 Å². The zero-order chi connectivity index (χ0) is 14.0. The first-order valence-electron chi connectivity index (χ1n) is 5.59. The topological polar surface area (TPSA) is 50.9 Å². The van der Waals surface area contributed by atoms with Crippen LogP contribution in [0.5, 0.6) is 0 Å². The van der Waals surface area contributed by atoms with Crippen LogP contribution in [0.4, 0.5) is 13.2 Å². The maximum absolute atomic E-state index is 12.3. The number of thiazole rings is 1. The number of hydrogen-bond acceptors (Lipinski definition) is 4. The molecule has 1 atom stereocenters. The van der Waals surface area contributed by atoms with Crippen LogP contribution in [0.1, 0.15) is 37.9 Å². The van der Waals surface area contributed by atoms with E-state index in [1.54, 1.807) is 0 Å². The first-order chi connectivity index (χ1) is 8.12. The molecule has 1 unspecified atom stereocenters. The van der Waals surface area contributed by atoms with Gasteiger partial charge in [0.05, 0.1) is 17.1 Å². The molecule has 3 N–H and O–H groups in total. The van der Waals surface area contributed by atoms with Gasteiger partial charge in [-0.25, -0.2) is 4.98 Å². The van der Waals surface area contributed by atoms with E-state index in [4.69, 9.17) is 5.84 Å². The average Bonchev–Trinajstić information content (AvgIpc) is 2.62. The molecule has 0 aromatic carbocycles. The van der Waals surface area contributed by atoms with Gasteiger partial charge < -0.3 is 0 Å². The highest BCUT2D eigenvalue weighted by Gasteiger charge is 2.32. The summed E-state index contributed by atoms with van der Waals surface area (Å²) in [4.78, 5) is 4.35. The summed E-state index contributed by atoms with van der Waals surface area (Å²) in [5, 5.41) is 2.56. The van der Waals surface area contributed by atoms with Crippen molar-refractivity contribution in [2.45, 2.75) is 51.2 Å². The molecule has 0 amide bonds. The summed E-state index contributed by atoms with van der Waals surface area (Å²) < 4.78 is 36.8. The minimum Gasteiger partial charge on any atom is -0.271 e. The molecule has 1 aromatic rings. The van der Waals surface area contributed by atoms with Gasteiger partial charge >= 0.3 is 6.18 Å². The number of alkyl halides is 3. The standard InChI is InChI=1S/C11H18F3N3S/c1-10(2,3)8-6-18-9(16-8)4-7(17-15)5-11(12,13)14/h6-7,17H,4-5,15H2,1-3H3. The van der Waals surface area contributed by atoms with Gasteiger partial charge in [-0.3, -0.25) is 11.3 Å². The second-order valence-electron chi connectivity index (χ2n) is 5.26. The van der Waals surface area contributed by atoms with E-state index in [0.717, 1.165) is 5.69 Å². The number of nitrogens with zero attached hydrogens (tertiary/aromatic N) is 1. The molecule has 18 heavy (non-hydrogen) atoms. The SMILES string of the molecule is CC(C)(C)c1csc(CC(CC(F)(F)F)NN)n1. The fraction of sp³-hybridized carbons (Fsp3) is 0.727. The molecule has 0 aliphatic carbocycles. The van der Waals surface area contributed by atoms with Gasteiger partial charge in [0.15, 0.2) is 0 Å². The number of aromatic nitrogens is 1. The Balaban J connectivity index is 2.68. The minimum absolute atomic E-state index is 0.0928. The third-order valence-corrected chi connectivity index (χ3v) is 3.33. The van der Waals surface area contributed by atoms with Crippen LogP contribution in [0.15, 0.2) is 5.38 Å². The van der Waals surface area contributed by atoms with Crippen LogP contribution in [0.25, 0.3) is 0 Å². The molecular formula is C11H18F3N3S. The van der Waals surface area contributed by atoms with E-state index in [9.17, 15) is 13.2 Å². The Morgan fingerprint density at radius 1 is 1.39 bits per heavy atom. The number of halogens is 3. The Morgan fingerprint density at radius 2 is 2.00 bits per heavy atom. The van der Waals surface area contributed by atoms with E-state index < -0.39 is 18.6 Å². The first kappa shape index (κ1) is 15.4. The summed E-state index contributed by atoms with van der Waals surface area (Å²) in [6.45, 7) is 6.04. The molecule has 0 aliphatic rings. The highest BCUT2D eigenvalue weighted by Crippen LogP contribution is 2.26. The van der Waals surface area contributed by atoms with Gasteiger partial charge in [0.25, 0.3) is 0 Å². The van der Waals surface area contributed by atoms with Crippen molar-refractivity contribution in [3.8, 4) is 0 Å². The van der Waals surface area contributed by atoms with E-state index in [1.807, 2.05) is 26.2 Å². The molecule has 3 nitrogen and oxygen atoms in total. The summed E-state index contributed by atoms with van der Waals surface area (Å²) in [6, 6.07) is -0.830. The molecule has 0 saturated heterocycles. The van der Waals surface area contributed by atoms with Crippen LogP contribution in [0.2, 0.25) is 0 Å². The predicted molar refractivity (Wildman–Crippen MR) is 66.3 cm³/mol. The lowest BCUT2D eigenvalue weighted by Crippen LogP contribution is -2.40. The molecule has 0 bridgehead atoms. The largest absolute Gasteiger partial charge is 0.390 e. The Morgan fingerprint density at radius 3 is 2.39 bits per heavy atom. The zero-order valence-electron chi connectivity index (χ0n) is 10.6. The van der Waals surface area contributed by atoms with Crippen molar-refractivity contribution < 1.29 is 13.2 Å². The van der Waals surface area contributed by atoms with Crippen LogP contribution in [0, 0.1) is 0 Å². The molecule has 1 heterocycles. The number of nitrogens with one attached hydrogen (secondary N) is 1. The first-order valence-corrected chi connectivity index (χ1v) is 6.47. The summed E-state index contributed by atoms with van der Waals surface area (Å²) >= 11 is 1.37. The maximum Gasteiger partial charge on any atom is 0.390 e. The Kier molecular flexibility index (Phi) is 4.74. The third kappa shape index (κ3) is 4.91. The number of rotatable bonds is 4. The van der Waals surface area contributed by atoms with Crippen LogP contribution in [-0.4, -0.2) is 17.2 Å². The monoisotopic (exact) mass is 281 g/mol. The second-order valence-corrected chi connectivity index (χ2v) is 6.21. The van der Waals surface area contributed by atoms with E-state index in [1.165, 1.54) is 11.3 Å². The average molecular weight is 281 g/mol. The normalized spacial score (nSPS) is 14.8. The van der Waals surface area contributed by atoms with Gasteiger partial charge in [-0.2, -0.15) is 13.2 Å². The van der Waals surface area contributed by atoms with E-state index in [2.05, 4.69) is 10.4 Å². The zero-order valence-corrected chi connectivity index (χ0v) is 11.5. The van der Waals surface area contributed by atoms with Crippen molar-refractivity contribution in [3.63, 3.8) is 0 Å². The highest BCUT2D eigenvalue weighted by molar-refractivity contribution is 7.09. The molecule has 1 aromatic heterocycles. The molecule has 0 fully saturated rings. The molecule has 0 radical (unpaired) electrons. The Labute approximate surface area is 109 Å². The van der Waals surface area contributed by atoms with Crippen LogP contribution in [-0.2, 0) is 11.8 Å². The lowest BCUT2D eigenvalue weighted by molar-refractivity contribution is -0.140. The van der Waals surface area contributed by atoms with Gasteiger partial charge in [-0.05, 0) is 0 Å². The van der Waals surface area contributed by atoms with Crippen LogP contribution < -0.4 is 11.3 Å². The number of hydrogen-bond donors (Lipinski definition) is 2. The number of nitrogens with two attached hydrogens (primary N) is 1. The smallest absolute Gasteiger partial charge is 0.271 e. The Bertz CT molecular complexity index is 382.